The highest BCUT2D eigenvalue weighted by Crippen LogP contribution is 2.09. The van der Waals surface area contributed by atoms with E-state index in [1.54, 1.807) is 6.07 Å². The van der Waals surface area contributed by atoms with Gasteiger partial charge in [-0.1, -0.05) is 0 Å². The van der Waals surface area contributed by atoms with Gasteiger partial charge in [0.25, 0.3) is 0 Å². The summed E-state index contributed by atoms with van der Waals surface area (Å²) < 4.78 is 5.44. The number of hydrogen-bond acceptors (Lipinski definition) is 5. The van der Waals surface area contributed by atoms with Gasteiger partial charge in [0.05, 0.1) is 0 Å². The van der Waals surface area contributed by atoms with Gasteiger partial charge in [-0.25, -0.2) is 4.98 Å². The van der Waals surface area contributed by atoms with Crippen LogP contribution in [0, 0.1) is 18.3 Å². The summed E-state index contributed by atoms with van der Waals surface area (Å²) in [5, 5.41) is 11.8. The molecule has 1 aliphatic heterocycles. The Hall–Kier alpha value is -1.67. The molecule has 0 spiro atoms. The molecule has 1 fully saturated rings. The number of nitrogens with one attached hydrogen (secondary N) is 1. The average molecular weight is 190 g/mol. The Morgan fingerprint density at radius 1 is 1.57 bits per heavy atom. The molecule has 1 aromatic rings. The van der Waals surface area contributed by atoms with E-state index in [0.29, 0.717) is 11.7 Å². The van der Waals surface area contributed by atoms with Crippen LogP contribution in [0.4, 0.5) is 0 Å². The van der Waals surface area contributed by atoms with Gasteiger partial charge in [-0.2, -0.15) is 10.2 Å². The van der Waals surface area contributed by atoms with E-state index in [1.165, 1.54) is 0 Å². The zero-order valence-electron chi connectivity index (χ0n) is 7.82. The molecule has 2 rings (SSSR count). The van der Waals surface area contributed by atoms with E-state index in [4.69, 9.17) is 10.00 Å². The Balaban J connectivity index is 2.16. The van der Waals surface area contributed by atoms with Crippen LogP contribution in [0.1, 0.15) is 11.4 Å². The van der Waals surface area contributed by atoms with Gasteiger partial charge in [0.2, 0.25) is 0 Å². The monoisotopic (exact) mass is 190 g/mol. The molecule has 0 amide bonds. The summed E-state index contributed by atoms with van der Waals surface area (Å²) in [4.78, 5) is 8.04. The van der Waals surface area contributed by atoms with Crippen molar-refractivity contribution in [3.8, 4) is 12.1 Å². The summed E-state index contributed by atoms with van der Waals surface area (Å²) in [5.41, 5.74) is 1.10. The van der Waals surface area contributed by atoms with Crippen LogP contribution in [0.15, 0.2) is 6.07 Å². The molecule has 0 bridgehead atoms. The lowest BCUT2D eigenvalue weighted by Gasteiger charge is -2.26. The maximum absolute atomic E-state index is 8.68. The fraction of sp³-hybridized carbons (Fsp3) is 0.444. The molecule has 14 heavy (non-hydrogen) atoms. The van der Waals surface area contributed by atoms with Gasteiger partial charge < -0.3 is 10.1 Å². The molecule has 72 valence electrons. The summed E-state index contributed by atoms with van der Waals surface area (Å²) in [5.74, 6) is 0. The predicted octanol–water partition coefficient (Wildman–Crippen LogP) is 0.00730. The number of nitrogens with zero attached hydrogens (tertiary/aromatic N) is 3. The Bertz CT molecular complexity index is 381. The van der Waals surface area contributed by atoms with Crippen LogP contribution in [0.25, 0.3) is 0 Å². The van der Waals surface area contributed by atoms with Crippen molar-refractivity contribution in [3.05, 3.63) is 17.5 Å². The second-order valence-corrected chi connectivity index (χ2v) is 3.19. The predicted molar refractivity (Wildman–Crippen MR) is 48.8 cm³/mol. The lowest BCUT2D eigenvalue weighted by atomic mass is 10.2. The molecular weight excluding hydrogens is 180 g/mol. The van der Waals surface area contributed by atoms with Crippen LogP contribution in [-0.2, 0) is 0 Å². The van der Waals surface area contributed by atoms with Gasteiger partial charge in [0, 0.05) is 18.8 Å². The molecule has 1 aliphatic rings. The lowest BCUT2D eigenvalue weighted by Crippen LogP contribution is -2.50. The molecule has 1 N–H and O–H groups in total. The van der Waals surface area contributed by atoms with Gasteiger partial charge >= 0.3 is 6.01 Å². The van der Waals surface area contributed by atoms with Gasteiger partial charge in [0.15, 0.2) is 0 Å². The summed E-state index contributed by atoms with van der Waals surface area (Å²) in [6.45, 7) is 3.45. The molecule has 5 heteroatoms. The fourth-order valence-electron chi connectivity index (χ4n) is 1.15. The third kappa shape index (κ3) is 1.80. The molecule has 0 radical (unpaired) electrons. The minimum atomic E-state index is 0.142. The van der Waals surface area contributed by atoms with Crippen LogP contribution in [0.2, 0.25) is 0 Å². The number of aromatic nitrogens is 2. The number of hydrogen-bond donors (Lipinski definition) is 1. The quantitative estimate of drug-likeness (QED) is 0.711. The molecule has 0 saturated carbocycles. The van der Waals surface area contributed by atoms with Crippen LogP contribution in [-0.4, -0.2) is 29.2 Å². The van der Waals surface area contributed by atoms with E-state index in [9.17, 15) is 0 Å². The zero-order chi connectivity index (χ0) is 9.97. The summed E-state index contributed by atoms with van der Waals surface area (Å²) in [6.07, 6.45) is 0.142. The molecule has 5 nitrogen and oxygen atoms in total. The van der Waals surface area contributed by atoms with Gasteiger partial charge in [-0.05, 0) is 13.0 Å². The first kappa shape index (κ1) is 8.91. The first-order valence-electron chi connectivity index (χ1n) is 4.41. The van der Waals surface area contributed by atoms with E-state index in [-0.39, 0.29) is 6.10 Å². The molecule has 0 aromatic carbocycles. The van der Waals surface area contributed by atoms with Crippen molar-refractivity contribution in [3.63, 3.8) is 0 Å². The topological polar surface area (TPSA) is 70.8 Å². The summed E-state index contributed by atoms with van der Waals surface area (Å²) >= 11 is 0. The number of rotatable bonds is 2. The second kappa shape index (κ2) is 3.60. The van der Waals surface area contributed by atoms with Gasteiger partial charge in [-0.15, -0.1) is 0 Å². The van der Waals surface area contributed by atoms with Crippen molar-refractivity contribution in [1.82, 2.24) is 15.3 Å². The van der Waals surface area contributed by atoms with Crippen LogP contribution >= 0.6 is 0 Å². The van der Waals surface area contributed by atoms with E-state index >= 15 is 0 Å². The van der Waals surface area contributed by atoms with Gasteiger partial charge in [0.1, 0.15) is 17.9 Å². The minimum absolute atomic E-state index is 0.142. The molecule has 0 unspecified atom stereocenters. The highest BCUT2D eigenvalue weighted by Gasteiger charge is 2.19. The standard InChI is InChI=1S/C9H10N4O/c1-6-2-7(3-10)13-9(12-6)14-8-4-11-5-8/h2,8,11H,4-5H2,1H3. The van der Waals surface area contributed by atoms with Crippen molar-refractivity contribution in [1.29, 1.82) is 5.26 Å². The minimum Gasteiger partial charge on any atom is -0.457 e. The van der Waals surface area contributed by atoms with Crippen LogP contribution < -0.4 is 10.1 Å². The first-order valence-corrected chi connectivity index (χ1v) is 4.41. The van der Waals surface area contributed by atoms with Crippen LogP contribution in [0.5, 0.6) is 6.01 Å². The molecule has 1 saturated heterocycles. The van der Waals surface area contributed by atoms with E-state index in [0.717, 1.165) is 18.8 Å². The molecule has 0 atom stereocenters. The van der Waals surface area contributed by atoms with Crippen molar-refractivity contribution < 1.29 is 4.74 Å². The number of aryl methyl sites for hydroxylation is 1. The van der Waals surface area contributed by atoms with Crippen molar-refractivity contribution in [2.75, 3.05) is 13.1 Å². The largest absolute Gasteiger partial charge is 0.457 e. The van der Waals surface area contributed by atoms with E-state index < -0.39 is 0 Å². The molecular formula is C9H10N4O. The highest BCUT2D eigenvalue weighted by atomic mass is 16.5. The maximum Gasteiger partial charge on any atom is 0.318 e. The van der Waals surface area contributed by atoms with Crippen molar-refractivity contribution in [2.45, 2.75) is 13.0 Å². The normalized spacial score (nSPS) is 15.7. The number of ether oxygens (including phenoxy) is 1. The Labute approximate surface area is 81.7 Å². The van der Waals surface area contributed by atoms with E-state index in [1.807, 2.05) is 13.0 Å². The molecule has 0 aliphatic carbocycles. The highest BCUT2D eigenvalue weighted by molar-refractivity contribution is 5.23. The maximum atomic E-state index is 8.68. The zero-order valence-corrected chi connectivity index (χ0v) is 7.82. The summed E-state index contributed by atoms with van der Waals surface area (Å²) in [6, 6.07) is 3.90. The Morgan fingerprint density at radius 2 is 2.36 bits per heavy atom. The smallest absolute Gasteiger partial charge is 0.318 e. The first-order chi connectivity index (χ1) is 6.78. The molecule has 2 heterocycles. The summed E-state index contributed by atoms with van der Waals surface area (Å²) in [7, 11) is 0. The average Bonchev–Trinajstić information content (AvgIpc) is 2.10. The molecule has 1 aromatic heterocycles. The van der Waals surface area contributed by atoms with E-state index in [2.05, 4.69) is 15.3 Å². The van der Waals surface area contributed by atoms with Crippen molar-refractivity contribution >= 4 is 0 Å². The number of nitriles is 1. The SMILES string of the molecule is Cc1cc(C#N)nc(OC2CNC2)n1. The Kier molecular flexibility index (Phi) is 2.29. The second-order valence-electron chi connectivity index (χ2n) is 3.19. The third-order valence-corrected chi connectivity index (χ3v) is 1.96. The van der Waals surface area contributed by atoms with Gasteiger partial charge in [-0.3, -0.25) is 0 Å². The fourth-order valence-corrected chi connectivity index (χ4v) is 1.15. The lowest BCUT2D eigenvalue weighted by molar-refractivity contribution is 0.129. The van der Waals surface area contributed by atoms with Crippen LogP contribution in [0.3, 0.4) is 0 Å². The van der Waals surface area contributed by atoms with Crippen molar-refractivity contribution in [2.24, 2.45) is 0 Å². The third-order valence-electron chi connectivity index (χ3n) is 1.96. The Morgan fingerprint density at radius 3 is 2.93 bits per heavy atom.